The zero-order chi connectivity index (χ0) is 11.6. The van der Waals surface area contributed by atoms with Crippen LogP contribution < -0.4 is 0 Å². The fourth-order valence-electron chi connectivity index (χ4n) is 1.82. The third kappa shape index (κ3) is 2.01. The van der Waals surface area contributed by atoms with E-state index in [2.05, 4.69) is 23.1 Å². The van der Waals surface area contributed by atoms with Crippen LogP contribution >= 0.6 is 0 Å². The van der Waals surface area contributed by atoms with E-state index in [1.807, 2.05) is 39.4 Å². The lowest BCUT2D eigenvalue weighted by atomic mass is 10.1. The molecule has 3 nitrogen and oxygen atoms in total. The predicted molar refractivity (Wildman–Crippen MR) is 64.1 cm³/mol. The Kier molecular flexibility index (Phi) is 3.45. The number of aromatic nitrogens is 3. The summed E-state index contributed by atoms with van der Waals surface area (Å²) >= 11 is 0. The molecule has 2 rings (SSSR count). The minimum Gasteiger partial charge on any atom is -0.250 e. The van der Waals surface area contributed by atoms with Crippen molar-refractivity contribution in [1.29, 1.82) is 0 Å². The first-order valence-corrected chi connectivity index (χ1v) is 5.37. The SMILES string of the molecule is CC.Cc1cc(C)c2c(C)nn(C)c2n1. The Hall–Kier alpha value is -1.38. The normalized spacial score (nSPS) is 10.0. The van der Waals surface area contributed by atoms with Crippen molar-refractivity contribution in [3.05, 3.63) is 23.0 Å². The van der Waals surface area contributed by atoms with Crippen LogP contribution in [0.5, 0.6) is 0 Å². The maximum absolute atomic E-state index is 4.46. The van der Waals surface area contributed by atoms with Gasteiger partial charge in [0.25, 0.3) is 0 Å². The van der Waals surface area contributed by atoms with Gasteiger partial charge in [-0.1, -0.05) is 13.8 Å². The summed E-state index contributed by atoms with van der Waals surface area (Å²) in [7, 11) is 1.93. The van der Waals surface area contributed by atoms with Crippen LogP contribution in [0.3, 0.4) is 0 Å². The summed E-state index contributed by atoms with van der Waals surface area (Å²) in [6.45, 7) is 10.1. The van der Waals surface area contributed by atoms with Gasteiger partial charge in [0.05, 0.1) is 5.69 Å². The molecule has 0 aromatic carbocycles. The quantitative estimate of drug-likeness (QED) is 0.662. The zero-order valence-corrected chi connectivity index (χ0v) is 10.4. The summed E-state index contributed by atoms with van der Waals surface area (Å²) in [4.78, 5) is 4.46. The van der Waals surface area contributed by atoms with E-state index in [0.29, 0.717) is 0 Å². The van der Waals surface area contributed by atoms with Crippen LogP contribution in [-0.2, 0) is 7.05 Å². The molecule has 0 spiro atoms. The van der Waals surface area contributed by atoms with Gasteiger partial charge in [0.2, 0.25) is 0 Å². The average Bonchev–Trinajstić information content (AvgIpc) is 2.45. The van der Waals surface area contributed by atoms with Gasteiger partial charge in [-0.25, -0.2) is 4.98 Å². The molecule has 0 bridgehead atoms. The number of aryl methyl sites for hydroxylation is 4. The zero-order valence-electron chi connectivity index (χ0n) is 10.4. The monoisotopic (exact) mass is 205 g/mol. The lowest BCUT2D eigenvalue weighted by molar-refractivity contribution is 0.772. The molecule has 0 aliphatic rings. The van der Waals surface area contributed by atoms with E-state index in [1.54, 1.807) is 0 Å². The van der Waals surface area contributed by atoms with E-state index in [9.17, 15) is 0 Å². The second-order valence-electron chi connectivity index (χ2n) is 3.49. The van der Waals surface area contributed by atoms with Crippen LogP contribution in [0.15, 0.2) is 6.07 Å². The first kappa shape index (κ1) is 11.7. The first-order chi connectivity index (χ1) is 7.09. The average molecular weight is 205 g/mol. The Morgan fingerprint density at radius 2 is 1.73 bits per heavy atom. The number of rotatable bonds is 0. The van der Waals surface area contributed by atoms with Crippen LogP contribution in [0.2, 0.25) is 0 Å². The molecular weight excluding hydrogens is 186 g/mol. The Labute approximate surface area is 91.1 Å². The topological polar surface area (TPSA) is 30.7 Å². The van der Waals surface area contributed by atoms with E-state index in [1.165, 1.54) is 10.9 Å². The molecule has 2 heterocycles. The number of pyridine rings is 1. The lowest BCUT2D eigenvalue weighted by Crippen LogP contribution is -1.93. The van der Waals surface area contributed by atoms with Gasteiger partial charge in [0, 0.05) is 18.1 Å². The second kappa shape index (κ2) is 4.43. The van der Waals surface area contributed by atoms with E-state index in [0.717, 1.165) is 17.0 Å². The smallest absolute Gasteiger partial charge is 0.158 e. The summed E-state index contributed by atoms with van der Waals surface area (Å²) in [6.07, 6.45) is 0. The van der Waals surface area contributed by atoms with Crippen LogP contribution in [0, 0.1) is 20.8 Å². The van der Waals surface area contributed by atoms with Crippen molar-refractivity contribution < 1.29 is 0 Å². The summed E-state index contributed by atoms with van der Waals surface area (Å²) in [5.74, 6) is 0. The molecule has 3 heteroatoms. The molecule has 0 saturated heterocycles. The molecular formula is C12H19N3. The number of fused-ring (bicyclic) bond motifs is 1. The highest BCUT2D eigenvalue weighted by Crippen LogP contribution is 2.20. The van der Waals surface area contributed by atoms with E-state index < -0.39 is 0 Å². The highest BCUT2D eigenvalue weighted by atomic mass is 15.3. The summed E-state index contributed by atoms with van der Waals surface area (Å²) in [6, 6.07) is 2.09. The minimum atomic E-state index is 0.981. The summed E-state index contributed by atoms with van der Waals surface area (Å²) in [5.41, 5.74) is 4.35. The molecule has 0 radical (unpaired) electrons. The fourth-order valence-corrected chi connectivity index (χ4v) is 1.82. The molecule has 82 valence electrons. The number of hydrogen-bond acceptors (Lipinski definition) is 2. The standard InChI is InChI=1S/C10H13N3.C2H6/c1-6-5-7(2)11-10-9(6)8(3)12-13(10)4;1-2/h5H,1-4H3;1-2H3. The fraction of sp³-hybridized carbons (Fsp3) is 0.500. The van der Waals surface area contributed by atoms with Crippen LogP contribution in [0.25, 0.3) is 11.0 Å². The number of nitrogens with zero attached hydrogens (tertiary/aromatic N) is 3. The van der Waals surface area contributed by atoms with E-state index in [-0.39, 0.29) is 0 Å². The predicted octanol–water partition coefficient (Wildman–Crippen LogP) is 2.92. The minimum absolute atomic E-state index is 0.981. The third-order valence-electron chi connectivity index (χ3n) is 2.29. The highest BCUT2D eigenvalue weighted by molar-refractivity contribution is 5.81. The van der Waals surface area contributed by atoms with Gasteiger partial charge in [-0.15, -0.1) is 0 Å². The largest absolute Gasteiger partial charge is 0.250 e. The van der Waals surface area contributed by atoms with Gasteiger partial charge in [-0.05, 0) is 32.4 Å². The molecule has 0 fully saturated rings. The van der Waals surface area contributed by atoms with Crippen molar-refractivity contribution in [1.82, 2.24) is 14.8 Å². The van der Waals surface area contributed by atoms with Gasteiger partial charge in [0.1, 0.15) is 0 Å². The number of hydrogen-bond donors (Lipinski definition) is 0. The molecule has 0 aliphatic heterocycles. The Balaban J connectivity index is 0.000000531. The van der Waals surface area contributed by atoms with Gasteiger partial charge in [0.15, 0.2) is 5.65 Å². The van der Waals surface area contributed by atoms with Gasteiger partial charge in [-0.2, -0.15) is 5.10 Å². The van der Waals surface area contributed by atoms with E-state index >= 15 is 0 Å². The Bertz CT molecular complexity index is 469. The van der Waals surface area contributed by atoms with Crippen LogP contribution in [0.4, 0.5) is 0 Å². The molecule has 2 aromatic heterocycles. The Morgan fingerprint density at radius 3 is 2.33 bits per heavy atom. The lowest BCUT2D eigenvalue weighted by Gasteiger charge is -1.99. The van der Waals surface area contributed by atoms with Crippen LogP contribution in [0.1, 0.15) is 30.8 Å². The summed E-state index contributed by atoms with van der Waals surface area (Å²) in [5, 5.41) is 5.53. The molecule has 0 amide bonds. The molecule has 0 saturated carbocycles. The maximum Gasteiger partial charge on any atom is 0.158 e. The summed E-state index contributed by atoms with van der Waals surface area (Å²) < 4.78 is 1.84. The first-order valence-electron chi connectivity index (χ1n) is 5.37. The van der Waals surface area contributed by atoms with Gasteiger partial charge < -0.3 is 0 Å². The molecule has 0 unspecified atom stereocenters. The Morgan fingerprint density at radius 1 is 1.13 bits per heavy atom. The van der Waals surface area contributed by atoms with Crippen molar-refractivity contribution in [3.63, 3.8) is 0 Å². The molecule has 2 aromatic rings. The highest BCUT2D eigenvalue weighted by Gasteiger charge is 2.08. The van der Waals surface area contributed by atoms with Crippen molar-refractivity contribution in [2.24, 2.45) is 7.05 Å². The van der Waals surface area contributed by atoms with Crippen molar-refractivity contribution in [2.45, 2.75) is 34.6 Å². The van der Waals surface area contributed by atoms with E-state index in [4.69, 9.17) is 0 Å². The maximum atomic E-state index is 4.46. The molecule has 0 atom stereocenters. The van der Waals surface area contributed by atoms with Crippen molar-refractivity contribution in [3.8, 4) is 0 Å². The third-order valence-corrected chi connectivity index (χ3v) is 2.29. The van der Waals surface area contributed by atoms with Crippen LogP contribution in [-0.4, -0.2) is 14.8 Å². The second-order valence-corrected chi connectivity index (χ2v) is 3.49. The van der Waals surface area contributed by atoms with Crippen molar-refractivity contribution >= 4 is 11.0 Å². The molecule has 15 heavy (non-hydrogen) atoms. The van der Waals surface area contributed by atoms with Gasteiger partial charge in [-0.3, -0.25) is 4.68 Å². The van der Waals surface area contributed by atoms with Gasteiger partial charge >= 0.3 is 0 Å². The molecule has 0 N–H and O–H groups in total. The molecule has 0 aliphatic carbocycles. The van der Waals surface area contributed by atoms with Crippen molar-refractivity contribution in [2.75, 3.05) is 0 Å².